The number of aromatic nitrogens is 3. The molecule has 5 nitrogen and oxygen atoms in total. The lowest BCUT2D eigenvalue weighted by Crippen LogP contribution is -2.30. The molecule has 0 bridgehead atoms. The summed E-state index contributed by atoms with van der Waals surface area (Å²) in [6.07, 6.45) is 8.30. The minimum absolute atomic E-state index is 0.375. The van der Waals surface area contributed by atoms with Crippen LogP contribution in [-0.2, 0) is 7.05 Å². The first kappa shape index (κ1) is 13.1. The number of nitrogens with one attached hydrogen (secondary N) is 2. The highest BCUT2D eigenvalue weighted by Crippen LogP contribution is 2.40. The summed E-state index contributed by atoms with van der Waals surface area (Å²) in [5, 5.41) is 6.94. The van der Waals surface area contributed by atoms with Gasteiger partial charge < -0.3 is 15.2 Å². The Morgan fingerprint density at radius 3 is 2.80 bits per heavy atom. The molecule has 1 aliphatic rings. The Labute approximate surface area is 119 Å². The van der Waals surface area contributed by atoms with E-state index < -0.39 is 0 Å². The van der Waals surface area contributed by atoms with Crippen LogP contribution in [0.1, 0.15) is 24.7 Å². The van der Waals surface area contributed by atoms with Gasteiger partial charge in [0.05, 0.1) is 6.04 Å². The number of imidazole rings is 1. The minimum Gasteiger partial charge on any atom is -0.369 e. The van der Waals surface area contributed by atoms with Gasteiger partial charge >= 0.3 is 0 Å². The van der Waals surface area contributed by atoms with Crippen LogP contribution < -0.4 is 10.6 Å². The predicted octanol–water partition coefficient (Wildman–Crippen LogP) is 1.97. The van der Waals surface area contributed by atoms with Crippen LogP contribution in [0.25, 0.3) is 0 Å². The van der Waals surface area contributed by atoms with Crippen molar-refractivity contribution in [2.24, 2.45) is 13.0 Å². The third-order valence-corrected chi connectivity index (χ3v) is 3.69. The van der Waals surface area contributed by atoms with Crippen LogP contribution in [0.4, 0.5) is 5.82 Å². The minimum atomic E-state index is 0.375. The van der Waals surface area contributed by atoms with Crippen molar-refractivity contribution >= 4 is 5.82 Å². The van der Waals surface area contributed by atoms with Gasteiger partial charge in [0.25, 0.3) is 0 Å². The van der Waals surface area contributed by atoms with E-state index in [1.165, 1.54) is 12.8 Å². The average Bonchev–Trinajstić information content (AvgIpc) is 3.23. The van der Waals surface area contributed by atoms with Crippen molar-refractivity contribution in [1.82, 2.24) is 19.9 Å². The second-order valence-electron chi connectivity index (χ2n) is 5.31. The van der Waals surface area contributed by atoms with E-state index in [4.69, 9.17) is 0 Å². The standard InChI is InChI=1S/C15H21N5/c1-20-11-10-19-15(20)14(12-5-6-12)18-9-8-17-13-4-2-3-7-16-13/h2-4,7,10-12,14,18H,5-6,8-9H2,1H3,(H,16,17). The number of hydrogen-bond acceptors (Lipinski definition) is 4. The zero-order chi connectivity index (χ0) is 13.8. The topological polar surface area (TPSA) is 54.8 Å². The maximum absolute atomic E-state index is 4.48. The molecule has 0 radical (unpaired) electrons. The van der Waals surface area contributed by atoms with Crippen molar-refractivity contribution in [3.05, 3.63) is 42.6 Å². The predicted molar refractivity (Wildman–Crippen MR) is 79.4 cm³/mol. The van der Waals surface area contributed by atoms with Crippen LogP contribution in [0.15, 0.2) is 36.8 Å². The molecule has 20 heavy (non-hydrogen) atoms. The molecule has 2 N–H and O–H groups in total. The smallest absolute Gasteiger partial charge is 0.125 e. The normalized spacial score (nSPS) is 16.1. The number of hydrogen-bond donors (Lipinski definition) is 2. The van der Waals surface area contributed by atoms with Crippen LogP contribution in [-0.4, -0.2) is 27.6 Å². The van der Waals surface area contributed by atoms with Gasteiger partial charge in [-0.2, -0.15) is 0 Å². The van der Waals surface area contributed by atoms with Gasteiger partial charge in [0.1, 0.15) is 11.6 Å². The molecule has 5 heteroatoms. The average molecular weight is 271 g/mol. The van der Waals surface area contributed by atoms with Crippen molar-refractivity contribution in [2.75, 3.05) is 18.4 Å². The van der Waals surface area contributed by atoms with Gasteiger partial charge in [0.15, 0.2) is 0 Å². The second kappa shape index (κ2) is 6.05. The summed E-state index contributed by atoms with van der Waals surface area (Å²) >= 11 is 0. The molecule has 2 aromatic heterocycles. The molecule has 1 saturated carbocycles. The first-order valence-corrected chi connectivity index (χ1v) is 7.20. The molecule has 1 unspecified atom stereocenters. The van der Waals surface area contributed by atoms with Crippen LogP contribution in [0.5, 0.6) is 0 Å². The van der Waals surface area contributed by atoms with Gasteiger partial charge in [0.2, 0.25) is 0 Å². The first-order valence-electron chi connectivity index (χ1n) is 7.20. The third-order valence-electron chi connectivity index (χ3n) is 3.69. The maximum atomic E-state index is 4.48. The zero-order valence-electron chi connectivity index (χ0n) is 11.8. The van der Waals surface area contributed by atoms with E-state index in [9.17, 15) is 0 Å². The Kier molecular flexibility index (Phi) is 3.97. The number of anilines is 1. The van der Waals surface area contributed by atoms with Crippen molar-refractivity contribution in [3.8, 4) is 0 Å². The van der Waals surface area contributed by atoms with E-state index in [-0.39, 0.29) is 0 Å². The lowest BCUT2D eigenvalue weighted by molar-refractivity contribution is 0.455. The Hall–Kier alpha value is -1.88. The van der Waals surface area contributed by atoms with E-state index in [0.29, 0.717) is 6.04 Å². The molecule has 2 aromatic rings. The summed E-state index contributed by atoms with van der Waals surface area (Å²) < 4.78 is 2.11. The molecule has 0 aliphatic heterocycles. The quantitative estimate of drug-likeness (QED) is 0.756. The molecule has 0 spiro atoms. The van der Waals surface area contributed by atoms with Crippen LogP contribution in [0.2, 0.25) is 0 Å². The summed E-state index contributed by atoms with van der Waals surface area (Å²) in [6, 6.07) is 6.27. The Balaban J connectivity index is 1.50. The lowest BCUT2D eigenvalue weighted by atomic mass is 10.1. The third kappa shape index (κ3) is 3.17. The van der Waals surface area contributed by atoms with Crippen molar-refractivity contribution in [2.45, 2.75) is 18.9 Å². The summed E-state index contributed by atoms with van der Waals surface area (Å²) in [6.45, 7) is 1.77. The first-order chi connectivity index (χ1) is 9.84. The summed E-state index contributed by atoms with van der Waals surface area (Å²) in [5.74, 6) is 2.81. The Morgan fingerprint density at radius 2 is 2.15 bits per heavy atom. The van der Waals surface area contributed by atoms with Crippen molar-refractivity contribution < 1.29 is 0 Å². The molecule has 1 aliphatic carbocycles. The number of rotatable bonds is 7. The van der Waals surface area contributed by atoms with Crippen LogP contribution >= 0.6 is 0 Å². The highest BCUT2D eigenvalue weighted by molar-refractivity contribution is 5.32. The molecule has 0 saturated heterocycles. The molecule has 0 amide bonds. The summed E-state index contributed by atoms with van der Waals surface area (Å²) in [4.78, 5) is 8.73. The van der Waals surface area contributed by atoms with Crippen molar-refractivity contribution in [3.63, 3.8) is 0 Å². The second-order valence-corrected chi connectivity index (χ2v) is 5.31. The Morgan fingerprint density at radius 1 is 1.25 bits per heavy atom. The highest BCUT2D eigenvalue weighted by atomic mass is 15.1. The molecular weight excluding hydrogens is 250 g/mol. The molecule has 106 valence electrons. The lowest BCUT2D eigenvalue weighted by Gasteiger charge is -2.18. The highest BCUT2D eigenvalue weighted by Gasteiger charge is 2.33. The van der Waals surface area contributed by atoms with Gasteiger partial charge in [-0.1, -0.05) is 6.07 Å². The SMILES string of the molecule is Cn1ccnc1C(NCCNc1ccccn1)C1CC1. The van der Waals surface area contributed by atoms with E-state index in [0.717, 1.165) is 30.6 Å². The zero-order valence-corrected chi connectivity index (χ0v) is 11.8. The number of pyridine rings is 1. The van der Waals surface area contributed by atoms with Gasteiger partial charge in [-0.25, -0.2) is 9.97 Å². The van der Waals surface area contributed by atoms with Crippen LogP contribution in [0.3, 0.4) is 0 Å². The summed E-state index contributed by atoms with van der Waals surface area (Å²) in [7, 11) is 2.06. The molecule has 1 fully saturated rings. The van der Waals surface area contributed by atoms with E-state index in [1.807, 2.05) is 30.6 Å². The molecular formula is C15H21N5. The number of aryl methyl sites for hydroxylation is 1. The molecule has 3 rings (SSSR count). The fourth-order valence-corrected chi connectivity index (χ4v) is 2.46. The van der Waals surface area contributed by atoms with Crippen LogP contribution in [0, 0.1) is 5.92 Å². The van der Waals surface area contributed by atoms with Gasteiger partial charge in [-0.3, -0.25) is 0 Å². The van der Waals surface area contributed by atoms with Gasteiger partial charge in [0, 0.05) is 38.7 Å². The van der Waals surface area contributed by atoms with Gasteiger partial charge in [-0.15, -0.1) is 0 Å². The fraction of sp³-hybridized carbons (Fsp3) is 0.467. The van der Waals surface area contributed by atoms with Gasteiger partial charge in [-0.05, 0) is 30.9 Å². The Bertz CT molecular complexity index is 532. The molecule has 0 aromatic carbocycles. The van der Waals surface area contributed by atoms with E-state index >= 15 is 0 Å². The van der Waals surface area contributed by atoms with E-state index in [2.05, 4.69) is 32.2 Å². The maximum Gasteiger partial charge on any atom is 0.125 e. The molecule has 2 heterocycles. The fourth-order valence-electron chi connectivity index (χ4n) is 2.46. The summed E-state index contributed by atoms with van der Waals surface area (Å²) in [5.41, 5.74) is 0. The monoisotopic (exact) mass is 271 g/mol. The van der Waals surface area contributed by atoms with Crippen molar-refractivity contribution in [1.29, 1.82) is 0 Å². The van der Waals surface area contributed by atoms with E-state index in [1.54, 1.807) is 6.20 Å². The largest absolute Gasteiger partial charge is 0.369 e. The number of nitrogens with zero attached hydrogens (tertiary/aromatic N) is 3. The molecule has 1 atom stereocenters.